The van der Waals surface area contributed by atoms with E-state index in [1.54, 1.807) is 0 Å². The normalized spacial score (nSPS) is 28.1. The van der Waals surface area contributed by atoms with E-state index >= 15 is 0 Å². The van der Waals surface area contributed by atoms with Crippen LogP contribution >= 0.6 is 12.4 Å². The second-order valence-corrected chi connectivity index (χ2v) is 5.87. The number of aryl methyl sites for hydroxylation is 1. The van der Waals surface area contributed by atoms with Crippen LogP contribution < -0.4 is 5.73 Å². The zero-order valence-corrected chi connectivity index (χ0v) is 12.7. The number of benzene rings is 1. The van der Waals surface area contributed by atoms with E-state index in [1.807, 2.05) is 4.90 Å². The Hall–Kier alpha value is -1.06. The highest BCUT2D eigenvalue weighted by Gasteiger charge is 2.47. The molecule has 1 saturated heterocycles. The van der Waals surface area contributed by atoms with E-state index in [9.17, 15) is 4.79 Å². The minimum Gasteiger partial charge on any atom is -0.338 e. The first kappa shape index (κ1) is 15.3. The standard InChI is InChI=1S/C16H22N2O.ClH/c1-11-5-2-3-7-13(11)14-9-15(14)16(19)18-8-4-6-12(18)10-17;/h2-3,5,7,12,14-15H,4,6,8-10,17H2,1H3;1H. The van der Waals surface area contributed by atoms with Gasteiger partial charge in [-0.15, -0.1) is 12.4 Å². The summed E-state index contributed by atoms with van der Waals surface area (Å²) in [4.78, 5) is 14.6. The van der Waals surface area contributed by atoms with Crippen LogP contribution in [0.25, 0.3) is 0 Å². The zero-order chi connectivity index (χ0) is 13.4. The van der Waals surface area contributed by atoms with Crippen molar-refractivity contribution in [1.82, 2.24) is 4.90 Å². The Morgan fingerprint density at radius 1 is 1.40 bits per heavy atom. The van der Waals surface area contributed by atoms with Crippen molar-refractivity contribution >= 4 is 18.3 Å². The van der Waals surface area contributed by atoms with Crippen LogP contribution in [0.5, 0.6) is 0 Å². The molecule has 3 atom stereocenters. The van der Waals surface area contributed by atoms with Gasteiger partial charge in [-0.1, -0.05) is 24.3 Å². The van der Waals surface area contributed by atoms with Crippen LogP contribution in [0.3, 0.4) is 0 Å². The lowest BCUT2D eigenvalue weighted by Gasteiger charge is -2.23. The molecule has 0 aromatic heterocycles. The van der Waals surface area contributed by atoms with Crippen molar-refractivity contribution < 1.29 is 4.79 Å². The maximum Gasteiger partial charge on any atom is 0.226 e. The van der Waals surface area contributed by atoms with Gasteiger partial charge in [0.15, 0.2) is 0 Å². The van der Waals surface area contributed by atoms with Gasteiger partial charge in [0.1, 0.15) is 0 Å². The zero-order valence-electron chi connectivity index (χ0n) is 11.9. The number of likely N-dealkylation sites (tertiary alicyclic amines) is 1. The topological polar surface area (TPSA) is 46.3 Å². The van der Waals surface area contributed by atoms with Crippen LogP contribution in [-0.4, -0.2) is 29.9 Å². The summed E-state index contributed by atoms with van der Waals surface area (Å²) in [5.74, 6) is 0.974. The number of carbonyl (C=O) groups is 1. The fourth-order valence-electron chi connectivity index (χ4n) is 3.40. The first-order valence-corrected chi connectivity index (χ1v) is 7.28. The molecule has 3 unspecified atom stereocenters. The van der Waals surface area contributed by atoms with Gasteiger partial charge in [-0.2, -0.15) is 0 Å². The van der Waals surface area contributed by atoms with Gasteiger partial charge in [-0.05, 0) is 43.2 Å². The molecule has 1 aromatic rings. The van der Waals surface area contributed by atoms with Crippen LogP contribution in [-0.2, 0) is 4.79 Å². The number of nitrogens with two attached hydrogens (primary N) is 1. The smallest absolute Gasteiger partial charge is 0.226 e. The lowest BCUT2D eigenvalue weighted by Crippen LogP contribution is -2.40. The van der Waals surface area contributed by atoms with Gasteiger partial charge in [0, 0.05) is 25.0 Å². The molecule has 4 heteroatoms. The molecule has 2 aliphatic rings. The second kappa shape index (κ2) is 6.15. The Morgan fingerprint density at radius 3 is 2.85 bits per heavy atom. The maximum absolute atomic E-state index is 12.5. The maximum atomic E-state index is 12.5. The molecule has 3 rings (SSSR count). The average Bonchev–Trinajstić information content (AvgIpc) is 3.07. The molecule has 3 nitrogen and oxygen atoms in total. The summed E-state index contributed by atoms with van der Waals surface area (Å²) in [7, 11) is 0. The third-order valence-corrected chi connectivity index (χ3v) is 4.63. The van der Waals surface area contributed by atoms with Gasteiger partial charge >= 0.3 is 0 Å². The molecule has 1 heterocycles. The van der Waals surface area contributed by atoms with Crippen molar-refractivity contribution in [2.75, 3.05) is 13.1 Å². The van der Waals surface area contributed by atoms with E-state index in [0.29, 0.717) is 18.4 Å². The molecule has 1 saturated carbocycles. The molecular weight excluding hydrogens is 272 g/mol. The molecule has 1 aliphatic carbocycles. The second-order valence-electron chi connectivity index (χ2n) is 5.87. The average molecular weight is 295 g/mol. The van der Waals surface area contributed by atoms with E-state index in [2.05, 4.69) is 31.2 Å². The van der Waals surface area contributed by atoms with Gasteiger partial charge < -0.3 is 10.6 Å². The SMILES string of the molecule is Cc1ccccc1C1CC1C(=O)N1CCCC1CN.Cl. The molecule has 1 amide bonds. The van der Waals surface area contributed by atoms with Crippen molar-refractivity contribution in [2.24, 2.45) is 11.7 Å². The Kier molecular flexibility index (Phi) is 4.71. The Bertz CT molecular complexity index is 491. The molecule has 1 aliphatic heterocycles. The third-order valence-electron chi connectivity index (χ3n) is 4.63. The van der Waals surface area contributed by atoms with E-state index in [0.717, 1.165) is 25.8 Å². The number of carbonyl (C=O) groups excluding carboxylic acids is 1. The molecule has 2 fully saturated rings. The lowest BCUT2D eigenvalue weighted by molar-refractivity contribution is -0.133. The van der Waals surface area contributed by atoms with Crippen LogP contribution in [0.2, 0.25) is 0 Å². The van der Waals surface area contributed by atoms with E-state index in [4.69, 9.17) is 5.73 Å². The summed E-state index contributed by atoms with van der Waals surface area (Å²) in [6, 6.07) is 8.71. The highest BCUT2D eigenvalue weighted by molar-refractivity contribution is 5.85. The summed E-state index contributed by atoms with van der Waals surface area (Å²) >= 11 is 0. The van der Waals surface area contributed by atoms with E-state index < -0.39 is 0 Å². The van der Waals surface area contributed by atoms with Crippen LogP contribution in [0.1, 0.15) is 36.3 Å². The monoisotopic (exact) mass is 294 g/mol. The van der Waals surface area contributed by atoms with E-state index in [-0.39, 0.29) is 24.4 Å². The lowest BCUT2D eigenvalue weighted by atomic mass is 10.0. The van der Waals surface area contributed by atoms with Crippen molar-refractivity contribution in [3.05, 3.63) is 35.4 Å². The minimum absolute atomic E-state index is 0. The van der Waals surface area contributed by atoms with Gasteiger partial charge in [-0.3, -0.25) is 4.79 Å². The van der Waals surface area contributed by atoms with Crippen molar-refractivity contribution in [3.8, 4) is 0 Å². The Labute approximate surface area is 126 Å². The summed E-state index contributed by atoms with van der Waals surface area (Å²) in [5.41, 5.74) is 8.41. The fraction of sp³-hybridized carbons (Fsp3) is 0.562. The summed E-state index contributed by atoms with van der Waals surface area (Å²) < 4.78 is 0. The highest BCUT2D eigenvalue weighted by Crippen LogP contribution is 2.49. The third kappa shape index (κ3) is 2.70. The number of hydrogen-bond donors (Lipinski definition) is 1. The predicted molar refractivity (Wildman–Crippen MR) is 83.1 cm³/mol. The molecule has 110 valence electrons. The van der Waals surface area contributed by atoms with E-state index in [1.165, 1.54) is 11.1 Å². The molecular formula is C16H23ClN2O. The fourth-order valence-corrected chi connectivity index (χ4v) is 3.40. The number of amides is 1. The van der Waals surface area contributed by atoms with Gasteiger partial charge in [-0.25, -0.2) is 0 Å². The van der Waals surface area contributed by atoms with Gasteiger partial charge in [0.05, 0.1) is 0 Å². The van der Waals surface area contributed by atoms with Crippen LogP contribution in [0.4, 0.5) is 0 Å². The van der Waals surface area contributed by atoms with Crippen molar-refractivity contribution in [2.45, 2.75) is 38.1 Å². The number of nitrogens with zero attached hydrogens (tertiary/aromatic N) is 1. The quantitative estimate of drug-likeness (QED) is 0.931. The van der Waals surface area contributed by atoms with Crippen molar-refractivity contribution in [3.63, 3.8) is 0 Å². The molecule has 2 N–H and O–H groups in total. The number of rotatable bonds is 3. The number of hydrogen-bond acceptors (Lipinski definition) is 2. The first-order chi connectivity index (χ1) is 9.22. The molecule has 20 heavy (non-hydrogen) atoms. The summed E-state index contributed by atoms with van der Waals surface area (Å²) in [5, 5.41) is 0. The van der Waals surface area contributed by atoms with Gasteiger partial charge in [0.2, 0.25) is 5.91 Å². The van der Waals surface area contributed by atoms with Crippen LogP contribution in [0, 0.1) is 12.8 Å². The summed E-state index contributed by atoms with van der Waals surface area (Å²) in [6.45, 7) is 3.64. The molecule has 0 spiro atoms. The molecule has 1 aromatic carbocycles. The predicted octanol–water partition coefficient (Wildman–Crippen LogP) is 2.47. The van der Waals surface area contributed by atoms with Crippen molar-refractivity contribution in [1.29, 1.82) is 0 Å². The first-order valence-electron chi connectivity index (χ1n) is 7.28. The highest BCUT2D eigenvalue weighted by atomic mass is 35.5. The Balaban J connectivity index is 0.00000147. The summed E-state index contributed by atoms with van der Waals surface area (Å²) in [6.07, 6.45) is 3.19. The van der Waals surface area contributed by atoms with Gasteiger partial charge in [0.25, 0.3) is 0 Å². The largest absolute Gasteiger partial charge is 0.338 e. The molecule has 0 bridgehead atoms. The number of halogens is 1. The van der Waals surface area contributed by atoms with Crippen LogP contribution in [0.15, 0.2) is 24.3 Å². The Morgan fingerprint density at radius 2 is 2.15 bits per heavy atom. The molecule has 0 radical (unpaired) electrons. The minimum atomic E-state index is 0.